The first-order valence-corrected chi connectivity index (χ1v) is 10.2. The molecule has 1 aliphatic heterocycles. The fraction of sp³-hybridized carbons (Fsp3) is 0.400. The second-order valence-electron chi connectivity index (χ2n) is 8.19. The highest BCUT2D eigenvalue weighted by molar-refractivity contribution is 6.03. The van der Waals surface area contributed by atoms with Crippen molar-refractivity contribution in [1.29, 1.82) is 0 Å². The van der Waals surface area contributed by atoms with Crippen molar-refractivity contribution < 1.29 is 4.39 Å². The standard InChI is InChI=1S/C25H34FN3/c1-8-20(21-11-13-22(26)14-12-21)17-23(19(4)5)24(27-9-2)28-15-16-29(10-3)25(6,7)18-28/h9-14,17H,2-3,8,15-16,18H2,1,4-7H3/b20-17+,27-24+. The van der Waals surface area contributed by atoms with E-state index in [1.165, 1.54) is 17.7 Å². The Kier molecular flexibility index (Phi) is 7.60. The summed E-state index contributed by atoms with van der Waals surface area (Å²) in [7, 11) is 0. The molecule has 4 heteroatoms. The van der Waals surface area contributed by atoms with E-state index in [1.807, 2.05) is 18.3 Å². The molecular formula is C25H34FN3. The van der Waals surface area contributed by atoms with Gasteiger partial charge in [-0.25, -0.2) is 9.38 Å². The third-order valence-electron chi connectivity index (χ3n) is 5.39. The van der Waals surface area contributed by atoms with Gasteiger partial charge in [0.15, 0.2) is 0 Å². The predicted octanol–water partition coefficient (Wildman–Crippen LogP) is 6.04. The number of piperazine rings is 1. The van der Waals surface area contributed by atoms with Gasteiger partial charge in [-0.1, -0.05) is 37.8 Å². The molecule has 2 rings (SSSR count). The van der Waals surface area contributed by atoms with Gasteiger partial charge < -0.3 is 9.80 Å². The number of hydrogen-bond acceptors (Lipinski definition) is 2. The van der Waals surface area contributed by atoms with E-state index >= 15 is 0 Å². The largest absolute Gasteiger partial charge is 0.369 e. The van der Waals surface area contributed by atoms with Crippen LogP contribution in [0.3, 0.4) is 0 Å². The lowest BCUT2D eigenvalue weighted by Crippen LogP contribution is -2.58. The smallest absolute Gasteiger partial charge is 0.135 e. The molecule has 1 aromatic carbocycles. The molecular weight excluding hydrogens is 361 g/mol. The van der Waals surface area contributed by atoms with Crippen LogP contribution in [0.1, 0.15) is 46.6 Å². The van der Waals surface area contributed by atoms with Gasteiger partial charge in [-0.15, -0.1) is 0 Å². The third kappa shape index (κ3) is 5.47. The number of nitrogens with zero attached hydrogens (tertiary/aromatic N) is 3. The molecule has 0 amide bonds. The van der Waals surface area contributed by atoms with E-state index in [2.05, 4.69) is 68.6 Å². The van der Waals surface area contributed by atoms with Crippen LogP contribution in [-0.2, 0) is 0 Å². The van der Waals surface area contributed by atoms with Crippen LogP contribution in [0, 0.1) is 5.82 Å². The zero-order valence-corrected chi connectivity index (χ0v) is 18.5. The molecule has 0 saturated carbocycles. The Hall–Kier alpha value is -2.62. The third-order valence-corrected chi connectivity index (χ3v) is 5.39. The van der Waals surface area contributed by atoms with E-state index in [-0.39, 0.29) is 11.4 Å². The topological polar surface area (TPSA) is 18.8 Å². The van der Waals surface area contributed by atoms with E-state index in [9.17, 15) is 4.39 Å². The highest BCUT2D eigenvalue weighted by Gasteiger charge is 2.33. The molecule has 0 radical (unpaired) electrons. The van der Waals surface area contributed by atoms with Crippen molar-refractivity contribution in [3.05, 3.63) is 78.4 Å². The lowest BCUT2D eigenvalue weighted by atomic mass is 9.95. The van der Waals surface area contributed by atoms with Gasteiger partial charge >= 0.3 is 0 Å². The Labute approximate surface area is 175 Å². The van der Waals surface area contributed by atoms with Gasteiger partial charge in [0.05, 0.1) is 5.54 Å². The molecule has 0 unspecified atom stereocenters. The van der Waals surface area contributed by atoms with Crippen molar-refractivity contribution in [2.45, 2.75) is 46.6 Å². The first kappa shape index (κ1) is 22.7. The quantitative estimate of drug-likeness (QED) is 0.332. The number of hydrogen-bond donors (Lipinski definition) is 0. The second-order valence-corrected chi connectivity index (χ2v) is 8.19. The summed E-state index contributed by atoms with van der Waals surface area (Å²) in [4.78, 5) is 9.29. The molecule has 0 aromatic heterocycles. The highest BCUT2D eigenvalue weighted by Crippen LogP contribution is 2.27. The minimum Gasteiger partial charge on any atom is -0.369 e. The molecule has 1 heterocycles. The zero-order valence-electron chi connectivity index (χ0n) is 18.5. The first-order chi connectivity index (χ1) is 13.7. The van der Waals surface area contributed by atoms with Crippen molar-refractivity contribution in [2.75, 3.05) is 19.6 Å². The van der Waals surface area contributed by atoms with Crippen LogP contribution in [0.5, 0.6) is 0 Å². The maximum absolute atomic E-state index is 13.4. The van der Waals surface area contributed by atoms with Crippen LogP contribution in [0.2, 0.25) is 0 Å². The number of allylic oxidation sites excluding steroid dienone is 2. The van der Waals surface area contributed by atoms with E-state index < -0.39 is 0 Å². The summed E-state index contributed by atoms with van der Waals surface area (Å²) in [5, 5.41) is 0. The molecule has 1 saturated heterocycles. The van der Waals surface area contributed by atoms with Gasteiger partial charge in [-0.05, 0) is 69.7 Å². The van der Waals surface area contributed by atoms with Gasteiger partial charge in [-0.3, -0.25) is 0 Å². The zero-order chi connectivity index (χ0) is 21.6. The molecule has 0 atom stereocenters. The molecule has 156 valence electrons. The Morgan fingerprint density at radius 1 is 1.17 bits per heavy atom. The molecule has 3 nitrogen and oxygen atoms in total. The number of halogens is 1. The number of aliphatic imine (C=N–C) groups is 1. The molecule has 0 aliphatic carbocycles. The molecule has 0 N–H and O–H groups in total. The number of rotatable bonds is 6. The second kappa shape index (κ2) is 9.73. The van der Waals surface area contributed by atoms with Gasteiger partial charge in [0.2, 0.25) is 0 Å². The summed E-state index contributed by atoms with van der Waals surface area (Å²) in [6.45, 7) is 21.2. The normalized spacial score (nSPS) is 17.2. The van der Waals surface area contributed by atoms with Crippen molar-refractivity contribution in [2.24, 2.45) is 4.99 Å². The Bertz CT molecular complexity index is 824. The predicted molar refractivity (Wildman–Crippen MR) is 123 cm³/mol. The fourth-order valence-corrected chi connectivity index (χ4v) is 3.76. The summed E-state index contributed by atoms with van der Waals surface area (Å²) >= 11 is 0. The summed E-state index contributed by atoms with van der Waals surface area (Å²) in [5.74, 6) is 0.715. The number of benzene rings is 1. The van der Waals surface area contributed by atoms with E-state index in [0.717, 1.165) is 48.6 Å². The van der Waals surface area contributed by atoms with Gasteiger partial charge in [-0.2, -0.15) is 0 Å². The summed E-state index contributed by atoms with van der Waals surface area (Å²) < 4.78 is 13.4. The molecule has 1 aromatic rings. The van der Waals surface area contributed by atoms with Crippen molar-refractivity contribution in [3.8, 4) is 0 Å². The van der Waals surface area contributed by atoms with Crippen LogP contribution in [0.25, 0.3) is 5.57 Å². The van der Waals surface area contributed by atoms with Crippen LogP contribution < -0.4 is 0 Å². The van der Waals surface area contributed by atoms with Gasteiger partial charge in [0.25, 0.3) is 0 Å². The first-order valence-electron chi connectivity index (χ1n) is 10.2. The van der Waals surface area contributed by atoms with Crippen molar-refractivity contribution in [3.63, 3.8) is 0 Å². The number of amidine groups is 1. The van der Waals surface area contributed by atoms with Gasteiger partial charge in [0, 0.05) is 31.4 Å². The van der Waals surface area contributed by atoms with E-state index in [0.29, 0.717) is 0 Å². The molecule has 1 aliphatic rings. The molecule has 1 fully saturated rings. The van der Waals surface area contributed by atoms with Crippen LogP contribution >= 0.6 is 0 Å². The Balaban J connectivity index is 2.46. The van der Waals surface area contributed by atoms with Crippen LogP contribution in [0.4, 0.5) is 4.39 Å². The maximum Gasteiger partial charge on any atom is 0.135 e. The molecule has 0 bridgehead atoms. The van der Waals surface area contributed by atoms with Crippen molar-refractivity contribution >= 4 is 11.4 Å². The molecule has 0 spiro atoms. The van der Waals surface area contributed by atoms with E-state index in [4.69, 9.17) is 0 Å². The van der Waals surface area contributed by atoms with E-state index in [1.54, 1.807) is 6.20 Å². The average molecular weight is 396 g/mol. The monoisotopic (exact) mass is 395 g/mol. The SMILES string of the molecule is C=C/N=C(\C(/C=C(\CC)c1ccc(F)cc1)=C(C)C)N1CCN(C=C)C(C)(C)C1. The minimum absolute atomic E-state index is 0.0387. The van der Waals surface area contributed by atoms with Gasteiger partial charge in [0.1, 0.15) is 11.7 Å². The maximum atomic E-state index is 13.4. The average Bonchev–Trinajstić information content (AvgIpc) is 2.67. The Morgan fingerprint density at radius 3 is 2.31 bits per heavy atom. The van der Waals surface area contributed by atoms with Crippen LogP contribution in [-0.4, -0.2) is 40.8 Å². The summed E-state index contributed by atoms with van der Waals surface area (Å²) in [6.07, 6.45) is 6.58. The summed E-state index contributed by atoms with van der Waals surface area (Å²) in [6, 6.07) is 6.70. The molecule has 29 heavy (non-hydrogen) atoms. The fourth-order valence-electron chi connectivity index (χ4n) is 3.76. The lowest BCUT2D eigenvalue weighted by Gasteiger charge is -2.48. The Morgan fingerprint density at radius 2 is 1.83 bits per heavy atom. The lowest BCUT2D eigenvalue weighted by molar-refractivity contribution is 0.0948. The summed E-state index contributed by atoms with van der Waals surface area (Å²) in [5.41, 5.74) is 4.42. The minimum atomic E-state index is -0.220. The van der Waals surface area contributed by atoms with Crippen LogP contribution in [0.15, 0.2) is 72.0 Å². The highest BCUT2D eigenvalue weighted by atomic mass is 19.1. The van der Waals surface area contributed by atoms with Crippen molar-refractivity contribution in [1.82, 2.24) is 9.80 Å².